The van der Waals surface area contributed by atoms with Crippen molar-refractivity contribution in [1.82, 2.24) is 4.90 Å². The second kappa shape index (κ2) is 7.65. The van der Waals surface area contributed by atoms with Gasteiger partial charge in [-0.2, -0.15) is 0 Å². The van der Waals surface area contributed by atoms with Crippen LogP contribution in [0, 0.1) is 11.6 Å². The van der Waals surface area contributed by atoms with Crippen molar-refractivity contribution < 1.29 is 13.6 Å². The quantitative estimate of drug-likeness (QED) is 0.463. The lowest BCUT2D eigenvalue weighted by Gasteiger charge is -2.34. The summed E-state index contributed by atoms with van der Waals surface area (Å²) in [4.78, 5) is 15.5. The van der Waals surface area contributed by atoms with E-state index in [1.165, 1.54) is 12.1 Å². The molecule has 0 amide bonds. The maximum Gasteiger partial charge on any atom is 0.188 e. The van der Waals surface area contributed by atoms with Gasteiger partial charge in [0, 0.05) is 23.2 Å². The van der Waals surface area contributed by atoms with Gasteiger partial charge in [0.2, 0.25) is 0 Å². The molecule has 2 aliphatic rings. The number of nitrogens with zero attached hydrogens (tertiary/aromatic N) is 1. The second-order valence-corrected chi connectivity index (χ2v) is 8.86. The highest BCUT2D eigenvalue weighted by Crippen LogP contribution is 2.40. The van der Waals surface area contributed by atoms with Crippen LogP contribution in [0.25, 0.3) is 12.2 Å². The standard InChI is InChI=1S/C22H17Br2F2NO/c1-27-20-6-7-21(27)15(9-13-3-5-19(26)17(24)11-13)22(28)14(20)8-12-2-4-18(25)16(23)10-12/h2-5,8-11,20-21H,6-7H2,1H3. The van der Waals surface area contributed by atoms with Crippen LogP contribution in [-0.2, 0) is 4.79 Å². The molecule has 2 saturated heterocycles. The molecule has 2 aliphatic heterocycles. The van der Waals surface area contributed by atoms with E-state index in [9.17, 15) is 13.6 Å². The molecule has 28 heavy (non-hydrogen) atoms. The molecular formula is C22H17Br2F2NO. The Labute approximate surface area is 179 Å². The van der Waals surface area contributed by atoms with E-state index in [2.05, 4.69) is 36.8 Å². The van der Waals surface area contributed by atoms with E-state index in [4.69, 9.17) is 0 Å². The summed E-state index contributed by atoms with van der Waals surface area (Å²) in [5.74, 6) is -0.665. The Morgan fingerprint density at radius 1 is 0.893 bits per heavy atom. The molecule has 0 saturated carbocycles. The number of Topliss-reactive ketones (excluding diaryl/α,β-unsaturated/α-hetero) is 1. The summed E-state index contributed by atoms with van der Waals surface area (Å²) in [5.41, 5.74) is 2.97. The Balaban J connectivity index is 1.77. The van der Waals surface area contributed by atoms with Crippen molar-refractivity contribution in [1.29, 1.82) is 0 Å². The van der Waals surface area contributed by atoms with E-state index in [1.54, 1.807) is 24.3 Å². The maximum atomic E-state index is 13.5. The lowest BCUT2D eigenvalue weighted by atomic mass is 9.88. The number of carbonyl (C=O) groups excluding carboxylic acids is 1. The second-order valence-electron chi connectivity index (χ2n) is 7.15. The van der Waals surface area contributed by atoms with Crippen LogP contribution in [0.3, 0.4) is 0 Å². The van der Waals surface area contributed by atoms with E-state index in [-0.39, 0.29) is 29.5 Å². The van der Waals surface area contributed by atoms with Crippen molar-refractivity contribution in [3.05, 3.63) is 79.3 Å². The van der Waals surface area contributed by atoms with Crippen LogP contribution in [0.5, 0.6) is 0 Å². The minimum absolute atomic E-state index is 0.00601. The molecule has 4 rings (SSSR count). The van der Waals surface area contributed by atoms with Gasteiger partial charge >= 0.3 is 0 Å². The number of ketones is 1. The highest BCUT2D eigenvalue weighted by atomic mass is 79.9. The number of piperidine rings is 1. The van der Waals surface area contributed by atoms with Crippen LogP contribution >= 0.6 is 31.9 Å². The summed E-state index contributed by atoms with van der Waals surface area (Å²) in [5, 5.41) is 0. The number of hydrogen-bond donors (Lipinski definition) is 0. The number of rotatable bonds is 2. The first-order valence-corrected chi connectivity index (χ1v) is 10.5. The number of likely N-dealkylation sites (N-methyl/N-ethyl adjacent to an activating group) is 1. The van der Waals surface area contributed by atoms with Gasteiger partial charge in [0.05, 0.1) is 8.95 Å². The molecule has 6 heteroatoms. The van der Waals surface area contributed by atoms with Crippen molar-refractivity contribution >= 4 is 49.8 Å². The summed E-state index contributed by atoms with van der Waals surface area (Å²) in [6.45, 7) is 0. The van der Waals surface area contributed by atoms with Gasteiger partial charge < -0.3 is 0 Å². The largest absolute Gasteiger partial charge is 0.292 e. The zero-order chi connectivity index (χ0) is 20.0. The predicted molar refractivity (Wildman–Crippen MR) is 114 cm³/mol. The highest BCUT2D eigenvalue weighted by Gasteiger charge is 2.44. The van der Waals surface area contributed by atoms with Crippen molar-refractivity contribution in [3.8, 4) is 0 Å². The van der Waals surface area contributed by atoms with Gasteiger partial charge in [0.15, 0.2) is 5.78 Å². The fraction of sp³-hybridized carbons (Fsp3) is 0.227. The summed E-state index contributed by atoms with van der Waals surface area (Å²) < 4.78 is 27.8. The molecule has 2 aromatic rings. The molecule has 2 unspecified atom stereocenters. The number of carbonyl (C=O) groups is 1. The van der Waals surface area contributed by atoms with E-state index < -0.39 is 0 Å². The minimum Gasteiger partial charge on any atom is -0.292 e. The molecule has 2 atom stereocenters. The predicted octanol–water partition coefficient (Wildman–Crippen LogP) is 6.00. The first kappa shape index (κ1) is 19.7. The molecule has 144 valence electrons. The Bertz CT molecular complexity index is 952. The monoisotopic (exact) mass is 507 g/mol. The highest BCUT2D eigenvalue weighted by molar-refractivity contribution is 9.10. The van der Waals surface area contributed by atoms with Gasteiger partial charge in [0.25, 0.3) is 0 Å². The van der Waals surface area contributed by atoms with Crippen molar-refractivity contribution in [2.24, 2.45) is 0 Å². The molecule has 0 aromatic heterocycles. The first-order valence-electron chi connectivity index (χ1n) is 8.95. The summed E-state index contributed by atoms with van der Waals surface area (Å²) >= 11 is 6.40. The smallest absolute Gasteiger partial charge is 0.188 e. The van der Waals surface area contributed by atoms with Crippen molar-refractivity contribution in [2.75, 3.05) is 7.05 Å². The summed E-state index contributed by atoms with van der Waals surface area (Å²) in [7, 11) is 2.03. The molecule has 2 aromatic carbocycles. The van der Waals surface area contributed by atoms with Gasteiger partial charge in [-0.15, -0.1) is 0 Å². The first-order chi connectivity index (χ1) is 13.3. The number of halogens is 4. The molecule has 0 spiro atoms. The van der Waals surface area contributed by atoms with Gasteiger partial charge in [0.1, 0.15) is 11.6 Å². The van der Waals surface area contributed by atoms with E-state index in [0.29, 0.717) is 20.1 Å². The Kier molecular flexibility index (Phi) is 5.38. The lowest BCUT2D eigenvalue weighted by molar-refractivity contribution is -0.114. The van der Waals surface area contributed by atoms with E-state index >= 15 is 0 Å². The third kappa shape index (κ3) is 3.53. The van der Waals surface area contributed by atoms with Crippen LogP contribution in [0.2, 0.25) is 0 Å². The molecule has 0 aliphatic carbocycles. The average molecular weight is 509 g/mol. The summed E-state index contributed by atoms with van der Waals surface area (Å²) in [6, 6.07) is 9.57. The zero-order valence-corrected chi connectivity index (χ0v) is 18.2. The summed E-state index contributed by atoms with van der Waals surface area (Å²) in [6.07, 6.45) is 5.49. The van der Waals surface area contributed by atoms with Gasteiger partial charge in [-0.1, -0.05) is 12.1 Å². The van der Waals surface area contributed by atoms with Crippen LogP contribution in [0.4, 0.5) is 8.78 Å². The SMILES string of the molecule is CN1C2CCC1C(=Cc1ccc(F)c(Br)c1)C(=O)C2=Cc1ccc(F)c(Br)c1. The fourth-order valence-corrected chi connectivity index (χ4v) is 4.84. The molecule has 2 heterocycles. The maximum absolute atomic E-state index is 13.5. The fourth-order valence-electron chi connectivity index (χ4n) is 4.05. The van der Waals surface area contributed by atoms with Crippen LogP contribution < -0.4 is 0 Å². The van der Waals surface area contributed by atoms with Crippen LogP contribution in [0.1, 0.15) is 24.0 Å². The lowest BCUT2D eigenvalue weighted by Crippen LogP contribution is -2.43. The molecule has 0 radical (unpaired) electrons. The third-order valence-electron chi connectivity index (χ3n) is 5.47. The van der Waals surface area contributed by atoms with Crippen molar-refractivity contribution in [2.45, 2.75) is 24.9 Å². The van der Waals surface area contributed by atoms with E-state index in [1.807, 2.05) is 19.2 Å². The Hall–Kier alpha value is -1.63. The van der Waals surface area contributed by atoms with Gasteiger partial charge in [-0.3, -0.25) is 9.69 Å². The number of benzene rings is 2. The topological polar surface area (TPSA) is 20.3 Å². The van der Waals surface area contributed by atoms with Gasteiger partial charge in [-0.25, -0.2) is 8.78 Å². The van der Waals surface area contributed by atoms with Gasteiger partial charge in [-0.05, 0) is 99.3 Å². The molecule has 2 nitrogen and oxygen atoms in total. The zero-order valence-electron chi connectivity index (χ0n) is 15.1. The minimum atomic E-state index is -0.336. The third-order valence-corrected chi connectivity index (χ3v) is 6.69. The molecule has 2 fully saturated rings. The average Bonchev–Trinajstić information content (AvgIpc) is 2.97. The number of hydrogen-bond acceptors (Lipinski definition) is 2. The van der Waals surface area contributed by atoms with Crippen LogP contribution in [-0.4, -0.2) is 29.8 Å². The van der Waals surface area contributed by atoms with E-state index in [0.717, 1.165) is 24.0 Å². The normalized spacial score (nSPS) is 25.1. The Morgan fingerprint density at radius 3 is 1.71 bits per heavy atom. The molecular weight excluding hydrogens is 492 g/mol. The molecule has 0 N–H and O–H groups in total. The van der Waals surface area contributed by atoms with Crippen LogP contribution in [0.15, 0.2) is 56.5 Å². The molecule has 2 bridgehead atoms. The van der Waals surface area contributed by atoms with Crippen molar-refractivity contribution in [3.63, 3.8) is 0 Å². The number of fused-ring (bicyclic) bond motifs is 2. The Morgan fingerprint density at radius 2 is 1.32 bits per heavy atom.